The van der Waals surface area contributed by atoms with Crippen LogP contribution in [0.2, 0.25) is 0 Å². The first-order valence-corrected chi connectivity index (χ1v) is 5.74. The first kappa shape index (κ1) is 9.16. The Balaban J connectivity index is 1.76. The van der Waals surface area contributed by atoms with Crippen LogP contribution in [0.1, 0.15) is 25.0 Å². The van der Waals surface area contributed by atoms with Gasteiger partial charge in [0.15, 0.2) is 0 Å². The third-order valence-corrected chi connectivity index (χ3v) is 3.57. The lowest BCUT2D eigenvalue weighted by molar-refractivity contribution is 0.197. The minimum Gasteiger partial charge on any atom is -0.288 e. The molecule has 0 spiro atoms. The average Bonchev–Trinajstić information content (AvgIpc) is 2.71. The molecule has 2 unspecified atom stereocenters. The SMILES string of the molecule is Cn1ccc(CN2C3C=CCC2CC3)n1. The predicted octanol–water partition coefficient (Wildman–Crippen LogP) is 1.71. The molecule has 3 rings (SSSR count). The molecule has 1 saturated heterocycles. The van der Waals surface area contributed by atoms with Crippen molar-refractivity contribution in [1.29, 1.82) is 0 Å². The first-order valence-electron chi connectivity index (χ1n) is 5.74. The van der Waals surface area contributed by atoms with Gasteiger partial charge in [-0.3, -0.25) is 9.58 Å². The molecule has 1 aromatic heterocycles. The molecule has 0 amide bonds. The van der Waals surface area contributed by atoms with E-state index >= 15 is 0 Å². The van der Waals surface area contributed by atoms with Gasteiger partial charge < -0.3 is 0 Å². The van der Waals surface area contributed by atoms with Gasteiger partial charge in [0.05, 0.1) is 5.69 Å². The van der Waals surface area contributed by atoms with Crippen molar-refractivity contribution in [2.75, 3.05) is 0 Å². The highest BCUT2D eigenvalue weighted by Crippen LogP contribution is 2.32. The van der Waals surface area contributed by atoms with Crippen molar-refractivity contribution in [1.82, 2.24) is 14.7 Å². The molecule has 0 radical (unpaired) electrons. The highest BCUT2D eigenvalue weighted by atomic mass is 15.3. The first-order chi connectivity index (χ1) is 7.33. The Hall–Kier alpha value is -1.09. The lowest BCUT2D eigenvalue weighted by atomic mass is 10.1. The summed E-state index contributed by atoms with van der Waals surface area (Å²) >= 11 is 0. The molecule has 2 aliphatic rings. The summed E-state index contributed by atoms with van der Waals surface area (Å²) in [5.41, 5.74) is 1.20. The largest absolute Gasteiger partial charge is 0.288 e. The molecular weight excluding hydrogens is 186 g/mol. The van der Waals surface area contributed by atoms with Gasteiger partial charge in [0.2, 0.25) is 0 Å². The quantitative estimate of drug-likeness (QED) is 0.682. The van der Waals surface area contributed by atoms with Crippen LogP contribution >= 0.6 is 0 Å². The third kappa shape index (κ3) is 1.61. The van der Waals surface area contributed by atoms with E-state index in [-0.39, 0.29) is 0 Å². The summed E-state index contributed by atoms with van der Waals surface area (Å²) < 4.78 is 1.89. The lowest BCUT2D eigenvalue weighted by Crippen LogP contribution is -2.36. The highest BCUT2D eigenvalue weighted by molar-refractivity contribution is 5.10. The van der Waals surface area contributed by atoms with Gasteiger partial charge in [0.1, 0.15) is 0 Å². The molecule has 0 N–H and O–H groups in total. The molecule has 15 heavy (non-hydrogen) atoms. The molecule has 2 atom stereocenters. The van der Waals surface area contributed by atoms with Crippen LogP contribution in [0.3, 0.4) is 0 Å². The maximum Gasteiger partial charge on any atom is 0.0764 e. The zero-order valence-corrected chi connectivity index (χ0v) is 9.13. The van der Waals surface area contributed by atoms with Crippen LogP contribution < -0.4 is 0 Å². The van der Waals surface area contributed by atoms with Crippen LogP contribution in [-0.4, -0.2) is 26.8 Å². The monoisotopic (exact) mass is 203 g/mol. The van der Waals surface area contributed by atoms with Crippen LogP contribution in [-0.2, 0) is 13.6 Å². The van der Waals surface area contributed by atoms with Gasteiger partial charge in [-0.25, -0.2) is 0 Å². The molecule has 0 aromatic carbocycles. The summed E-state index contributed by atoms with van der Waals surface area (Å²) in [6.45, 7) is 1.01. The number of hydrogen-bond donors (Lipinski definition) is 0. The molecule has 80 valence electrons. The van der Waals surface area contributed by atoms with Gasteiger partial charge in [-0.2, -0.15) is 5.10 Å². The fourth-order valence-electron chi connectivity index (χ4n) is 2.80. The van der Waals surface area contributed by atoms with Gasteiger partial charge in [-0.1, -0.05) is 12.2 Å². The molecule has 1 fully saturated rings. The fourth-order valence-corrected chi connectivity index (χ4v) is 2.80. The van der Waals surface area contributed by atoms with E-state index in [1.807, 2.05) is 17.9 Å². The van der Waals surface area contributed by atoms with E-state index in [0.29, 0.717) is 6.04 Å². The van der Waals surface area contributed by atoms with E-state index in [1.165, 1.54) is 25.0 Å². The summed E-state index contributed by atoms with van der Waals surface area (Å²) in [7, 11) is 1.98. The van der Waals surface area contributed by atoms with Crippen LogP contribution in [0.25, 0.3) is 0 Å². The number of nitrogens with zero attached hydrogens (tertiary/aromatic N) is 3. The molecule has 3 nitrogen and oxygen atoms in total. The molecule has 3 heteroatoms. The number of rotatable bonds is 2. The highest BCUT2D eigenvalue weighted by Gasteiger charge is 2.33. The lowest BCUT2D eigenvalue weighted by Gasteiger charge is -2.30. The van der Waals surface area contributed by atoms with Gasteiger partial charge in [0.25, 0.3) is 0 Å². The second-order valence-electron chi connectivity index (χ2n) is 4.62. The van der Waals surface area contributed by atoms with Crippen LogP contribution in [0.5, 0.6) is 0 Å². The Morgan fingerprint density at radius 1 is 1.47 bits per heavy atom. The van der Waals surface area contributed by atoms with Crippen molar-refractivity contribution in [2.24, 2.45) is 7.05 Å². The minimum absolute atomic E-state index is 0.672. The maximum atomic E-state index is 4.45. The Labute approximate surface area is 90.4 Å². The number of hydrogen-bond acceptors (Lipinski definition) is 2. The molecule has 3 heterocycles. The van der Waals surface area contributed by atoms with E-state index in [4.69, 9.17) is 0 Å². The number of fused-ring (bicyclic) bond motifs is 2. The molecule has 0 saturated carbocycles. The van der Waals surface area contributed by atoms with Crippen molar-refractivity contribution in [3.05, 3.63) is 30.1 Å². The maximum absolute atomic E-state index is 4.45. The van der Waals surface area contributed by atoms with Crippen LogP contribution in [0.4, 0.5) is 0 Å². The zero-order valence-electron chi connectivity index (χ0n) is 9.13. The van der Waals surface area contributed by atoms with Gasteiger partial charge in [0, 0.05) is 31.9 Å². The zero-order chi connectivity index (χ0) is 10.3. The summed E-state index contributed by atoms with van der Waals surface area (Å²) in [5, 5.41) is 4.45. The third-order valence-electron chi connectivity index (χ3n) is 3.57. The van der Waals surface area contributed by atoms with Crippen molar-refractivity contribution >= 4 is 0 Å². The Bertz CT molecular complexity index is 380. The predicted molar refractivity (Wildman–Crippen MR) is 59.3 cm³/mol. The minimum atomic E-state index is 0.672. The van der Waals surface area contributed by atoms with Crippen molar-refractivity contribution in [2.45, 2.75) is 37.9 Å². The second-order valence-corrected chi connectivity index (χ2v) is 4.62. The van der Waals surface area contributed by atoms with Gasteiger partial charge in [-0.15, -0.1) is 0 Å². The Morgan fingerprint density at radius 2 is 2.40 bits per heavy atom. The summed E-state index contributed by atoms with van der Waals surface area (Å²) in [6, 6.07) is 3.56. The van der Waals surface area contributed by atoms with Crippen LogP contribution in [0, 0.1) is 0 Å². The Kier molecular flexibility index (Phi) is 2.13. The molecule has 0 aliphatic carbocycles. The van der Waals surface area contributed by atoms with Gasteiger partial charge in [-0.05, 0) is 25.3 Å². The van der Waals surface area contributed by atoms with Crippen molar-refractivity contribution < 1.29 is 0 Å². The molecule has 2 bridgehead atoms. The van der Waals surface area contributed by atoms with E-state index < -0.39 is 0 Å². The normalized spacial score (nSPS) is 29.9. The molecule has 1 aromatic rings. The number of aromatic nitrogens is 2. The Morgan fingerprint density at radius 3 is 3.13 bits per heavy atom. The smallest absolute Gasteiger partial charge is 0.0764 e. The molecule has 2 aliphatic heterocycles. The van der Waals surface area contributed by atoms with E-state index in [9.17, 15) is 0 Å². The van der Waals surface area contributed by atoms with E-state index in [2.05, 4.69) is 28.2 Å². The average molecular weight is 203 g/mol. The summed E-state index contributed by atoms with van der Waals surface area (Å²) in [5.74, 6) is 0. The molecular formula is C12H17N3. The summed E-state index contributed by atoms with van der Waals surface area (Å²) in [6.07, 6.45) is 10.6. The van der Waals surface area contributed by atoms with Crippen molar-refractivity contribution in [3.8, 4) is 0 Å². The standard InChI is InChI=1S/C12H17N3/c1-14-8-7-10(13-14)9-15-11-3-2-4-12(15)6-5-11/h2-3,7-8,11-12H,4-6,9H2,1H3. The fraction of sp³-hybridized carbons (Fsp3) is 0.583. The van der Waals surface area contributed by atoms with Crippen molar-refractivity contribution in [3.63, 3.8) is 0 Å². The van der Waals surface area contributed by atoms with Gasteiger partial charge >= 0.3 is 0 Å². The summed E-state index contributed by atoms with van der Waals surface area (Å²) in [4.78, 5) is 2.60. The topological polar surface area (TPSA) is 21.1 Å². The number of aryl methyl sites for hydroxylation is 1. The second kappa shape index (κ2) is 3.49. The van der Waals surface area contributed by atoms with E-state index in [1.54, 1.807) is 0 Å². The van der Waals surface area contributed by atoms with Crippen LogP contribution in [0.15, 0.2) is 24.4 Å². The van der Waals surface area contributed by atoms with E-state index in [0.717, 1.165) is 12.6 Å².